The second-order valence-corrected chi connectivity index (χ2v) is 6.31. The lowest BCUT2D eigenvalue weighted by molar-refractivity contribution is -0.122. The van der Waals surface area contributed by atoms with Gasteiger partial charge in [0.15, 0.2) is 0 Å². The molecular weight excluding hydrogens is 264 g/mol. The molecule has 2 aliphatic rings. The van der Waals surface area contributed by atoms with Gasteiger partial charge in [-0.15, -0.1) is 0 Å². The molecule has 1 aliphatic carbocycles. The van der Waals surface area contributed by atoms with Crippen molar-refractivity contribution in [3.8, 4) is 0 Å². The lowest BCUT2D eigenvalue weighted by atomic mass is 9.87. The van der Waals surface area contributed by atoms with E-state index in [1.165, 1.54) is 0 Å². The summed E-state index contributed by atoms with van der Waals surface area (Å²) in [7, 11) is 0. The molecule has 2 fully saturated rings. The number of rotatable bonds is 5. The lowest BCUT2D eigenvalue weighted by Crippen LogP contribution is -2.42. The normalized spacial score (nSPS) is 22.0. The third kappa shape index (κ3) is 4.05. The van der Waals surface area contributed by atoms with E-state index in [0.29, 0.717) is 18.5 Å². The summed E-state index contributed by atoms with van der Waals surface area (Å²) in [5.74, 6) is 0.453. The molecular formula is C17H24N2O2. The molecule has 1 aliphatic heterocycles. The molecule has 1 saturated carbocycles. The minimum atomic E-state index is -0.381. The van der Waals surface area contributed by atoms with Crippen LogP contribution in [0, 0.1) is 5.92 Å². The zero-order valence-electron chi connectivity index (χ0n) is 12.4. The molecule has 114 valence electrons. The number of piperidine rings is 1. The highest BCUT2D eigenvalue weighted by molar-refractivity contribution is 5.78. The number of hydrogen-bond donors (Lipinski definition) is 2. The third-order valence-corrected chi connectivity index (χ3v) is 4.53. The molecule has 4 nitrogen and oxygen atoms in total. The molecule has 3 rings (SSSR count). The van der Waals surface area contributed by atoms with Gasteiger partial charge >= 0.3 is 0 Å². The fourth-order valence-electron chi connectivity index (χ4n) is 3.05. The van der Waals surface area contributed by atoms with Crippen molar-refractivity contribution in [2.45, 2.75) is 37.8 Å². The van der Waals surface area contributed by atoms with Crippen molar-refractivity contribution >= 4 is 5.91 Å². The van der Waals surface area contributed by atoms with Gasteiger partial charge in [0, 0.05) is 6.04 Å². The molecule has 1 aromatic rings. The Kier molecular flexibility index (Phi) is 4.56. The van der Waals surface area contributed by atoms with E-state index < -0.39 is 0 Å². The van der Waals surface area contributed by atoms with Crippen molar-refractivity contribution in [3.05, 3.63) is 35.9 Å². The molecule has 4 heteroatoms. The van der Waals surface area contributed by atoms with Gasteiger partial charge in [0.25, 0.3) is 0 Å². The number of hydrogen-bond acceptors (Lipinski definition) is 3. The van der Waals surface area contributed by atoms with Gasteiger partial charge < -0.3 is 10.4 Å². The summed E-state index contributed by atoms with van der Waals surface area (Å²) < 4.78 is 0. The molecule has 0 radical (unpaired) electrons. The molecule has 21 heavy (non-hydrogen) atoms. The van der Waals surface area contributed by atoms with Gasteiger partial charge in [-0.05, 0) is 50.3 Å². The van der Waals surface area contributed by atoms with Gasteiger partial charge in [0.05, 0.1) is 12.6 Å². The average molecular weight is 288 g/mol. The summed E-state index contributed by atoms with van der Waals surface area (Å²) in [6.45, 7) is 2.30. The van der Waals surface area contributed by atoms with Crippen molar-refractivity contribution in [2.24, 2.45) is 5.92 Å². The fourth-order valence-corrected chi connectivity index (χ4v) is 3.05. The highest BCUT2D eigenvalue weighted by atomic mass is 16.3. The van der Waals surface area contributed by atoms with Crippen molar-refractivity contribution in [3.63, 3.8) is 0 Å². The number of carbonyl (C=O) groups is 1. The van der Waals surface area contributed by atoms with E-state index in [2.05, 4.69) is 10.2 Å². The Bertz CT molecular complexity index is 465. The molecule has 1 saturated heterocycles. The first-order chi connectivity index (χ1) is 10.2. The minimum Gasteiger partial charge on any atom is -0.388 e. The van der Waals surface area contributed by atoms with Crippen LogP contribution in [0.25, 0.3) is 0 Å². The Morgan fingerprint density at radius 1 is 1.19 bits per heavy atom. The minimum absolute atomic E-state index is 0.152. The largest absolute Gasteiger partial charge is 0.388 e. The van der Waals surface area contributed by atoms with Crippen LogP contribution in [0.4, 0.5) is 0 Å². The molecule has 1 heterocycles. The number of amides is 1. The van der Waals surface area contributed by atoms with Gasteiger partial charge in [-0.1, -0.05) is 30.3 Å². The quantitative estimate of drug-likeness (QED) is 0.867. The Labute approximate surface area is 126 Å². The van der Waals surface area contributed by atoms with E-state index in [-0.39, 0.29) is 12.0 Å². The van der Waals surface area contributed by atoms with E-state index >= 15 is 0 Å². The van der Waals surface area contributed by atoms with Crippen LogP contribution >= 0.6 is 0 Å². The van der Waals surface area contributed by atoms with Crippen LogP contribution in [0.5, 0.6) is 0 Å². The van der Waals surface area contributed by atoms with Crippen LogP contribution in [0.2, 0.25) is 0 Å². The zero-order valence-corrected chi connectivity index (χ0v) is 12.4. The number of aliphatic hydroxyl groups excluding tert-OH is 1. The second kappa shape index (κ2) is 6.58. The van der Waals surface area contributed by atoms with Gasteiger partial charge in [-0.25, -0.2) is 0 Å². The molecule has 0 bridgehead atoms. The van der Waals surface area contributed by atoms with Crippen LogP contribution in [0.1, 0.15) is 37.4 Å². The van der Waals surface area contributed by atoms with Crippen LogP contribution < -0.4 is 5.32 Å². The van der Waals surface area contributed by atoms with Gasteiger partial charge in [0.2, 0.25) is 5.91 Å². The second-order valence-electron chi connectivity index (χ2n) is 6.31. The molecule has 1 atom stereocenters. The van der Waals surface area contributed by atoms with Crippen LogP contribution in [0.15, 0.2) is 30.3 Å². The predicted octanol–water partition coefficient (Wildman–Crippen LogP) is 1.71. The topological polar surface area (TPSA) is 52.6 Å². The Hall–Kier alpha value is -1.39. The van der Waals surface area contributed by atoms with Gasteiger partial charge in [0.1, 0.15) is 0 Å². The van der Waals surface area contributed by atoms with Crippen LogP contribution in [0.3, 0.4) is 0 Å². The van der Waals surface area contributed by atoms with E-state index in [4.69, 9.17) is 0 Å². The number of carbonyl (C=O) groups excluding carboxylic acids is 1. The SMILES string of the molecule is O=C(CN1CCC(C(O)c2ccccc2)CC1)NC1CC1. The molecule has 0 aromatic heterocycles. The van der Waals surface area contributed by atoms with Crippen LogP contribution in [-0.2, 0) is 4.79 Å². The van der Waals surface area contributed by atoms with Crippen molar-refractivity contribution in [1.29, 1.82) is 0 Å². The zero-order chi connectivity index (χ0) is 14.7. The standard InChI is InChI=1S/C17H24N2O2/c20-16(18-15-6-7-15)12-19-10-8-14(9-11-19)17(21)13-4-2-1-3-5-13/h1-5,14-15,17,21H,6-12H2,(H,18,20). The van der Waals surface area contributed by atoms with E-state index in [1.54, 1.807) is 0 Å². The maximum atomic E-state index is 11.8. The van der Waals surface area contributed by atoms with Gasteiger partial charge in [-0.3, -0.25) is 9.69 Å². The number of nitrogens with one attached hydrogen (secondary N) is 1. The summed E-state index contributed by atoms with van der Waals surface area (Å²) >= 11 is 0. The molecule has 1 amide bonds. The fraction of sp³-hybridized carbons (Fsp3) is 0.588. The van der Waals surface area contributed by atoms with E-state index in [0.717, 1.165) is 44.3 Å². The highest BCUT2D eigenvalue weighted by Gasteiger charge is 2.28. The summed E-state index contributed by atoms with van der Waals surface area (Å²) in [5, 5.41) is 13.5. The maximum absolute atomic E-state index is 11.8. The third-order valence-electron chi connectivity index (χ3n) is 4.53. The smallest absolute Gasteiger partial charge is 0.234 e. The monoisotopic (exact) mass is 288 g/mol. The summed E-state index contributed by atoms with van der Waals surface area (Å²) in [5.41, 5.74) is 1.00. The summed E-state index contributed by atoms with van der Waals surface area (Å²) in [6, 6.07) is 10.3. The van der Waals surface area contributed by atoms with Crippen molar-refractivity contribution in [1.82, 2.24) is 10.2 Å². The predicted molar refractivity (Wildman–Crippen MR) is 81.7 cm³/mol. The van der Waals surface area contributed by atoms with Crippen molar-refractivity contribution < 1.29 is 9.90 Å². The molecule has 0 spiro atoms. The summed E-state index contributed by atoms with van der Waals surface area (Å²) in [6.07, 6.45) is 3.79. The number of aliphatic hydroxyl groups is 1. The van der Waals surface area contributed by atoms with Gasteiger partial charge in [-0.2, -0.15) is 0 Å². The Balaban J connectivity index is 1.45. The maximum Gasteiger partial charge on any atom is 0.234 e. The molecule has 1 unspecified atom stereocenters. The Morgan fingerprint density at radius 3 is 2.48 bits per heavy atom. The van der Waals surface area contributed by atoms with E-state index in [1.807, 2.05) is 30.3 Å². The Morgan fingerprint density at radius 2 is 1.86 bits per heavy atom. The average Bonchev–Trinajstić information content (AvgIpc) is 3.32. The highest BCUT2D eigenvalue weighted by Crippen LogP contribution is 2.30. The number of nitrogens with zero attached hydrogens (tertiary/aromatic N) is 1. The summed E-state index contributed by atoms with van der Waals surface area (Å²) in [4.78, 5) is 14.0. The molecule has 1 aromatic carbocycles. The number of likely N-dealkylation sites (tertiary alicyclic amines) is 1. The first-order valence-electron chi connectivity index (χ1n) is 7.97. The lowest BCUT2D eigenvalue weighted by Gasteiger charge is -2.34. The number of benzene rings is 1. The molecule has 2 N–H and O–H groups in total. The van der Waals surface area contributed by atoms with Crippen molar-refractivity contribution in [2.75, 3.05) is 19.6 Å². The first-order valence-corrected chi connectivity index (χ1v) is 7.97. The van der Waals surface area contributed by atoms with Crippen LogP contribution in [-0.4, -0.2) is 41.6 Å². The first kappa shape index (κ1) is 14.5. The van der Waals surface area contributed by atoms with E-state index in [9.17, 15) is 9.90 Å².